The fraction of sp³-hybridized carbons (Fsp3) is 0.200. The molecule has 5 nitrogen and oxygen atoms in total. The summed E-state index contributed by atoms with van der Waals surface area (Å²) in [6, 6.07) is 7.03. The van der Waals surface area contributed by atoms with Crippen LogP contribution < -0.4 is 16.6 Å². The van der Waals surface area contributed by atoms with Crippen LogP contribution in [0.25, 0.3) is 0 Å². The van der Waals surface area contributed by atoms with Gasteiger partial charge < -0.3 is 15.5 Å². The summed E-state index contributed by atoms with van der Waals surface area (Å²) in [6.45, 7) is 0.546. The van der Waals surface area contributed by atoms with E-state index >= 15 is 0 Å². The number of carbonyl (C=O) groups is 1. The molecule has 86 valence electrons. The molecule has 16 heavy (non-hydrogen) atoms. The molecule has 0 saturated carbocycles. The van der Waals surface area contributed by atoms with Crippen LogP contribution in [0.4, 0.5) is 0 Å². The van der Waals surface area contributed by atoms with Crippen molar-refractivity contribution in [1.29, 1.82) is 0 Å². The predicted octanol–water partition coefficient (Wildman–Crippen LogP) is 0.311. The SMILES string of the molecule is COC(=O)c1ccc(CNC(=S)NN)cc1. The first-order chi connectivity index (χ1) is 7.67. The van der Waals surface area contributed by atoms with Gasteiger partial charge in [0.2, 0.25) is 0 Å². The van der Waals surface area contributed by atoms with Gasteiger partial charge in [-0.15, -0.1) is 0 Å². The molecule has 4 N–H and O–H groups in total. The van der Waals surface area contributed by atoms with Gasteiger partial charge >= 0.3 is 5.97 Å². The molecule has 1 aromatic rings. The molecule has 1 aromatic carbocycles. The predicted molar refractivity (Wildman–Crippen MR) is 64.5 cm³/mol. The van der Waals surface area contributed by atoms with E-state index in [9.17, 15) is 4.79 Å². The Morgan fingerprint density at radius 3 is 2.56 bits per heavy atom. The van der Waals surface area contributed by atoms with Gasteiger partial charge in [0.05, 0.1) is 12.7 Å². The van der Waals surface area contributed by atoms with Crippen molar-refractivity contribution in [2.75, 3.05) is 7.11 Å². The molecule has 0 aromatic heterocycles. The van der Waals surface area contributed by atoms with Crippen LogP contribution in [0.15, 0.2) is 24.3 Å². The number of hydrogen-bond acceptors (Lipinski definition) is 4. The Kier molecular flexibility index (Phi) is 4.68. The molecule has 0 aliphatic carbocycles. The molecule has 0 radical (unpaired) electrons. The fourth-order valence-corrected chi connectivity index (χ4v) is 1.18. The lowest BCUT2D eigenvalue weighted by Gasteiger charge is -2.07. The Morgan fingerprint density at radius 1 is 1.44 bits per heavy atom. The number of nitrogens with one attached hydrogen (secondary N) is 2. The van der Waals surface area contributed by atoms with E-state index in [1.165, 1.54) is 7.11 Å². The monoisotopic (exact) mass is 239 g/mol. The van der Waals surface area contributed by atoms with Crippen molar-refractivity contribution in [3.8, 4) is 0 Å². The number of carbonyl (C=O) groups excluding carboxylic acids is 1. The van der Waals surface area contributed by atoms with Gasteiger partial charge in [0, 0.05) is 6.54 Å². The van der Waals surface area contributed by atoms with Crippen LogP contribution in [0.5, 0.6) is 0 Å². The number of hydrazine groups is 1. The largest absolute Gasteiger partial charge is 0.465 e. The third kappa shape index (κ3) is 3.48. The maximum atomic E-state index is 11.2. The highest BCUT2D eigenvalue weighted by Crippen LogP contribution is 2.05. The molecular weight excluding hydrogens is 226 g/mol. The maximum absolute atomic E-state index is 11.2. The summed E-state index contributed by atoms with van der Waals surface area (Å²) in [5, 5.41) is 3.26. The standard InChI is InChI=1S/C10H13N3O2S/c1-15-9(14)8-4-2-7(3-5-8)6-12-10(16)13-11/h2-5H,6,11H2,1H3,(H2,12,13,16). The van der Waals surface area contributed by atoms with E-state index in [4.69, 9.17) is 18.1 Å². The summed E-state index contributed by atoms with van der Waals surface area (Å²) in [6.07, 6.45) is 0. The van der Waals surface area contributed by atoms with Crippen molar-refractivity contribution in [1.82, 2.24) is 10.7 Å². The van der Waals surface area contributed by atoms with Gasteiger partial charge in [-0.25, -0.2) is 10.6 Å². The van der Waals surface area contributed by atoms with E-state index < -0.39 is 0 Å². The maximum Gasteiger partial charge on any atom is 0.337 e. The molecule has 0 spiro atoms. The van der Waals surface area contributed by atoms with Crippen molar-refractivity contribution < 1.29 is 9.53 Å². The Hall–Kier alpha value is -1.66. The first-order valence-corrected chi connectivity index (χ1v) is 5.00. The molecule has 0 aliphatic rings. The Labute approximate surface area is 98.9 Å². The average molecular weight is 239 g/mol. The molecule has 0 aliphatic heterocycles. The zero-order valence-corrected chi connectivity index (χ0v) is 9.64. The Balaban J connectivity index is 2.58. The first kappa shape index (κ1) is 12.4. The highest BCUT2D eigenvalue weighted by atomic mass is 32.1. The van der Waals surface area contributed by atoms with Crippen LogP contribution in [-0.4, -0.2) is 18.2 Å². The highest BCUT2D eigenvalue weighted by molar-refractivity contribution is 7.80. The molecule has 0 atom stereocenters. The zero-order chi connectivity index (χ0) is 12.0. The topological polar surface area (TPSA) is 76.4 Å². The van der Waals surface area contributed by atoms with E-state index in [1.807, 2.05) is 12.1 Å². The molecule has 0 amide bonds. The van der Waals surface area contributed by atoms with Crippen molar-refractivity contribution in [2.45, 2.75) is 6.54 Å². The van der Waals surface area contributed by atoms with E-state index in [-0.39, 0.29) is 5.97 Å². The van der Waals surface area contributed by atoms with Crippen LogP contribution in [0, 0.1) is 0 Å². The van der Waals surface area contributed by atoms with Gasteiger partial charge in [0.25, 0.3) is 0 Å². The lowest BCUT2D eigenvalue weighted by molar-refractivity contribution is 0.0600. The van der Waals surface area contributed by atoms with Crippen molar-refractivity contribution in [3.63, 3.8) is 0 Å². The summed E-state index contributed by atoms with van der Waals surface area (Å²) in [5.74, 6) is 4.75. The number of methoxy groups -OCH3 is 1. The molecular formula is C10H13N3O2S. The van der Waals surface area contributed by atoms with Gasteiger partial charge in [0.1, 0.15) is 0 Å². The molecule has 0 bridgehead atoms. The molecule has 1 rings (SSSR count). The van der Waals surface area contributed by atoms with Crippen LogP contribution in [0.1, 0.15) is 15.9 Å². The summed E-state index contributed by atoms with van der Waals surface area (Å²) < 4.78 is 4.59. The smallest absolute Gasteiger partial charge is 0.337 e. The number of nitrogens with two attached hydrogens (primary N) is 1. The number of hydrogen-bond donors (Lipinski definition) is 3. The minimum atomic E-state index is -0.348. The van der Waals surface area contributed by atoms with Gasteiger partial charge in [-0.3, -0.25) is 0 Å². The molecule has 0 heterocycles. The molecule has 0 fully saturated rings. The zero-order valence-electron chi connectivity index (χ0n) is 8.82. The van der Waals surface area contributed by atoms with Crippen molar-refractivity contribution in [2.24, 2.45) is 5.84 Å². The molecule has 0 unspecified atom stereocenters. The quantitative estimate of drug-likeness (QED) is 0.305. The second-order valence-electron chi connectivity index (χ2n) is 3.02. The number of ether oxygens (including phenoxy) is 1. The summed E-state index contributed by atoms with van der Waals surface area (Å²) >= 11 is 4.82. The highest BCUT2D eigenvalue weighted by Gasteiger charge is 2.04. The van der Waals surface area contributed by atoms with E-state index in [2.05, 4.69) is 15.5 Å². The number of esters is 1. The van der Waals surface area contributed by atoms with Gasteiger partial charge in [0.15, 0.2) is 5.11 Å². The minimum Gasteiger partial charge on any atom is -0.465 e. The Morgan fingerprint density at radius 2 is 2.06 bits per heavy atom. The van der Waals surface area contributed by atoms with Crippen LogP contribution in [0.2, 0.25) is 0 Å². The fourth-order valence-electron chi connectivity index (χ4n) is 1.11. The third-order valence-corrected chi connectivity index (χ3v) is 2.22. The van der Waals surface area contributed by atoms with Crippen LogP contribution in [-0.2, 0) is 11.3 Å². The van der Waals surface area contributed by atoms with Gasteiger partial charge in [-0.05, 0) is 29.9 Å². The number of benzene rings is 1. The van der Waals surface area contributed by atoms with E-state index in [1.54, 1.807) is 12.1 Å². The normalized spacial score (nSPS) is 9.38. The van der Waals surface area contributed by atoms with E-state index in [0.717, 1.165) is 5.56 Å². The summed E-state index contributed by atoms with van der Waals surface area (Å²) in [4.78, 5) is 11.2. The number of rotatable bonds is 3. The second kappa shape index (κ2) is 6.04. The number of thiocarbonyl (C=S) groups is 1. The van der Waals surface area contributed by atoms with Crippen LogP contribution in [0.3, 0.4) is 0 Å². The lowest BCUT2D eigenvalue weighted by atomic mass is 10.1. The van der Waals surface area contributed by atoms with Crippen LogP contribution >= 0.6 is 12.2 Å². The minimum absolute atomic E-state index is 0.348. The average Bonchev–Trinajstić information content (AvgIpc) is 2.35. The van der Waals surface area contributed by atoms with E-state index in [0.29, 0.717) is 17.2 Å². The molecule has 0 saturated heterocycles. The first-order valence-electron chi connectivity index (χ1n) is 4.59. The summed E-state index contributed by atoms with van der Waals surface area (Å²) in [5.41, 5.74) is 3.83. The van der Waals surface area contributed by atoms with Gasteiger partial charge in [-0.1, -0.05) is 12.1 Å². The van der Waals surface area contributed by atoms with Gasteiger partial charge in [-0.2, -0.15) is 0 Å². The van der Waals surface area contributed by atoms with Crippen molar-refractivity contribution in [3.05, 3.63) is 35.4 Å². The second-order valence-corrected chi connectivity index (χ2v) is 3.42. The lowest BCUT2D eigenvalue weighted by Crippen LogP contribution is -2.39. The summed E-state index contributed by atoms with van der Waals surface area (Å²) in [7, 11) is 1.35. The molecule has 6 heteroatoms. The Bertz CT molecular complexity index is 378. The van der Waals surface area contributed by atoms with Crippen molar-refractivity contribution >= 4 is 23.3 Å². The third-order valence-electron chi connectivity index (χ3n) is 1.96.